The maximum Gasteiger partial charge on any atom is 0.279 e. The van der Waals surface area contributed by atoms with Gasteiger partial charge in [0.1, 0.15) is 5.01 Å². The van der Waals surface area contributed by atoms with Crippen LogP contribution in [-0.4, -0.2) is 31.1 Å². The summed E-state index contributed by atoms with van der Waals surface area (Å²) in [6.45, 7) is 3.53. The summed E-state index contributed by atoms with van der Waals surface area (Å²) in [4.78, 5) is 13.6. The van der Waals surface area contributed by atoms with E-state index in [-0.39, 0.29) is 11.6 Å². The van der Waals surface area contributed by atoms with Crippen LogP contribution in [0.25, 0.3) is 5.69 Å². The zero-order valence-corrected chi connectivity index (χ0v) is 13.3. The molecule has 0 aliphatic heterocycles. The fourth-order valence-electron chi connectivity index (χ4n) is 1.81. The third kappa shape index (κ3) is 2.97. The third-order valence-electron chi connectivity index (χ3n) is 2.78. The van der Waals surface area contributed by atoms with Crippen LogP contribution in [0.4, 0.5) is 5.13 Å². The van der Waals surface area contributed by atoms with E-state index < -0.39 is 0 Å². The van der Waals surface area contributed by atoms with Crippen LogP contribution in [0.5, 0.6) is 0 Å². The van der Waals surface area contributed by atoms with Crippen molar-refractivity contribution in [3.8, 4) is 5.69 Å². The van der Waals surface area contributed by atoms with Crippen molar-refractivity contribution >= 4 is 34.0 Å². The second-order valence-corrected chi connectivity index (χ2v) is 6.10. The Morgan fingerprint density at radius 3 is 2.77 bits per heavy atom. The van der Waals surface area contributed by atoms with Gasteiger partial charge in [-0.05, 0) is 32.0 Å². The number of hydrogen-bond acceptors (Lipinski definition) is 6. The molecule has 0 bridgehead atoms. The van der Waals surface area contributed by atoms with Crippen molar-refractivity contribution in [1.82, 2.24) is 25.2 Å². The van der Waals surface area contributed by atoms with Gasteiger partial charge in [0.05, 0.1) is 11.4 Å². The quantitative estimate of drug-likeness (QED) is 0.795. The summed E-state index contributed by atoms with van der Waals surface area (Å²) in [5, 5.41) is 20.6. The van der Waals surface area contributed by atoms with Crippen molar-refractivity contribution in [3.63, 3.8) is 0 Å². The van der Waals surface area contributed by atoms with E-state index in [1.807, 2.05) is 6.92 Å². The number of carbonyl (C=O) groups excluding carboxylic acids is 1. The molecule has 0 spiro atoms. The highest BCUT2D eigenvalue weighted by atomic mass is 35.5. The number of aryl methyl sites for hydroxylation is 2. The van der Waals surface area contributed by atoms with E-state index in [0.717, 1.165) is 5.01 Å². The van der Waals surface area contributed by atoms with Gasteiger partial charge < -0.3 is 0 Å². The topological polar surface area (TPSA) is 85.6 Å². The van der Waals surface area contributed by atoms with Crippen molar-refractivity contribution in [3.05, 3.63) is 45.7 Å². The van der Waals surface area contributed by atoms with Crippen LogP contribution in [0.2, 0.25) is 5.02 Å². The van der Waals surface area contributed by atoms with Crippen molar-refractivity contribution in [2.75, 3.05) is 5.32 Å². The van der Waals surface area contributed by atoms with E-state index in [2.05, 4.69) is 25.7 Å². The highest BCUT2D eigenvalue weighted by molar-refractivity contribution is 7.15. The molecule has 3 rings (SSSR count). The Morgan fingerprint density at radius 2 is 2.09 bits per heavy atom. The lowest BCUT2D eigenvalue weighted by Crippen LogP contribution is -2.14. The maximum atomic E-state index is 12.2. The molecule has 7 nitrogen and oxygen atoms in total. The predicted octanol–water partition coefficient (Wildman–Crippen LogP) is 2.64. The summed E-state index contributed by atoms with van der Waals surface area (Å²) in [6.07, 6.45) is 0. The summed E-state index contributed by atoms with van der Waals surface area (Å²) in [7, 11) is 0. The van der Waals surface area contributed by atoms with Crippen LogP contribution in [0.1, 0.15) is 21.2 Å². The van der Waals surface area contributed by atoms with Gasteiger partial charge >= 0.3 is 0 Å². The Hall–Kier alpha value is -2.32. The molecule has 1 aromatic carbocycles. The molecule has 0 saturated carbocycles. The van der Waals surface area contributed by atoms with Gasteiger partial charge in [-0.25, -0.2) is 0 Å². The molecule has 3 aromatic rings. The van der Waals surface area contributed by atoms with Gasteiger partial charge in [0.2, 0.25) is 5.13 Å². The predicted molar refractivity (Wildman–Crippen MR) is 83.7 cm³/mol. The third-order valence-corrected chi connectivity index (χ3v) is 3.77. The Bertz CT molecular complexity index is 843. The molecule has 0 radical (unpaired) electrons. The fraction of sp³-hybridized carbons (Fsp3) is 0.154. The minimum Gasteiger partial charge on any atom is -0.295 e. The molecule has 2 heterocycles. The number of halogens is 1. The lowest BCUT2D eigenvalue weighted by atomic mass is 10.3. The molecular weight excluding hydrogens is 324 g/mol. The molecule has 22 heavy (non-hydrogen) atoms. The van der Waals surface area contributed by atoms with Crippen LogP contribution < -0.4 is 5.32 Å². The van der Waals surface area contributed by atoms with Crippen LogP contribution in [-0.2, 0) is 0 Å². The van der Waals surface area contributed by atoms with Crippen LogP contribution in [0.3, 0.4) is 0 Å². The molecule has 2 aromatic heterocycles. The standard InChI is InChI=1S/C13H11ClN6OS/c1-7-11(12(21)15-13-17-16-8(2)22-13)19-20(18-7)10-5-3-4-9(14)6-10/h3-6H,1-2H3,(H,15,17,21). The molecule has 0 fully saturated rings. The van der Waals surface area contributed by atoms with Crippen LogP contribution >= 0.6 is 22.9 Å². The minimum absolute atomic E-state index is 0.229. The highest BCUT2D eigenvalue weighted by Crippen LogP contribution is 2.17. The largest absolute Gasteiger partial charge is 0.295 e. The summed E-state index contributed by atoms with van der Waals surface area (Å²) in [5.74, 6) is -0.373. The summed E-state index contributed by atoms with van der Waals surface area (Å²) in [5.41, 5.74) is 1.42. The van der Waals surface area contributed by atoms with Gasteiger partial charge in [-0.15, -0.1) is 15.3 Å². The highest BCUT2D eigenvalue weighted by Gasteiger charge is 2.18. The Kier molecular flexibility index (Phi) is 3.86. The second kappa shape index (κ2) is 5.82. The number of hydrogen-bond donors (Lipinski definition) is 1. The summed E-state index contributed by atoms with van der Waals surface area (Å²) in [6, 6.07) is 7.07. The SMILES string of the molecule is Cc1nnc(NC(=O)c2nn(-c3cccc(Cl)c3)nc2C)s1. The van der Waals surface area contributed by atoms with Gasteiger partial charge in [-0.3, -0.25) is 10.1 Å². The van der Waals surface area contributed by atoms with Gasteiger partial charge in [0.25, 0.3) is 5.91 Å². The zero-order valence-electron chi connectivity index (χ0n) is 11.7. The molecule has 0 atom stereocenters. The van der Waals surface area contributed by atoms with Crippen molar-refractivity contribution in [2.24, 2.45) is 0 Å². The number of rotatable bonds is 3. The van der Waals surface area contributed by atoms with Gasteiger partial charge in [0.15, 0.2) is 5.69 Å². The van der Waals surface area contributed by atoms with E-state index in [0.29, 0.717) is 21.5 Å². The average Bonchev–Trinajstić information content (AvgIpc) is 3.05. The molecule has 9 heteroatoms. The number of anilines is 1. The van der Waals surface area contributed by atoms with E-state index >= 15 is 0 Å². The van der Waals surface area contributed by atoms with Gasteiger partial charge in [-0.1, -0.05) is 29.0 Å². The van der Waals surface area contributed by atoms with Crippen molar-refractivity contribution in [2.45, 2.75) is 13.8 Å². The molecule has 0 aliphatic carbocycles. The number of nitrogens with zero attached hydrogens (tertiary/aromatic N) is 5. The maximum absolute atomic E-state index is 12.2. The Labute approximate surface area is 134 Å². The van der Waals surface area contributed by atoms with Crippen molar-refractivity contribution in [1.29, 1.82) is 0 Å². The minimum atomic E-state index is -0.373. The second-order valence-electron chi connectivity index (χ2n) is 4.48. The lowest BCUT2D eigenvalue weighted by Gasteiger charge is -1.99. The lowest BCUT2D eigenvalue weighted by molar-refractivity contribution is 0.102. The molecule has 1 N–H and O–H groups in total. The Morgan fingerprint density at radius 1 is 1.27 bits per heavy atom. The Balaban J connectivity index is 1.87. The van der Waals surface area contributed by atoms with E-state index in [1.165, 1.54) is 16.1 Å². The first-order chi connectivity index (χ1) is 10.5. The summed E-state index contributed by atoms with van der Waals surface area (Å²) >= 11 is 7.25. The van der Waals surface area contributed by atoms with E-state index in [9.17, 15) is 4.79 Å². The number of carbonyl (C=O) groups is 1. The number of benzene rings is 1. The normalized spacial score (nSPS) is 10.7. The molecular formula is C13H11ClN6OS. The molecule has 0 saturated heterocycles. The number of aromatic nitrogens is 5. The molecule has 0 aliphatic rings. The molecule has 112 valence electrons. The number of amides is 1. The monoisotopic (exact) mass is 334 g/mol. The molecule has 0 unspecified atom stereocenters. The van der Waals surface area contributed by atoms with Gasteiger partial charge in [-0.2, -0.15) is 9.90 Å². The van der Waals surface area contributed by atoms with E-state index in [4.69, 9.17) is 11.6 Å². The van der Waals surface area contributed by atoms with Crippen molar-refractivity contribution < 1.29 is 4.79 Å². The smallest absolute Gasteiger partial charge is 0.279 e. The van der Waals surface area contributed by atoms with Crippen LogP contribution in [0, 0.1) is 13.8 Å². The first-order valence-electron chi connectivity index (χ1n) is 6.34. The average molecular weight is 335 g/mol. The molecule has 1 amide bonds. The first kappa shape index (κ1) is 14.6. The number of nitrogens with one attached hydrogen (secondary N) is 1. The van der Waals surface area contributed by atoms with E-state index in [1.54, 1.807) is 31.2 Å². The van der Waals surface area contributed by atoms with Gasteiger partial charge in [0, 0.05) is 5.02 Å². The van der Waals surface area contributed by atoms with Crippen LogP contribution in [0.15, 0.2) is 24.3 Å². The summed E-state index contributed by atoms with van der Waals surface area (Å²) < 4.78 is 0. The zero-order chi connectivity index (χ0) is 15.7. The first-order valence-corrected chi connectivity index (χ1v) is 7.54. The fourth-order valence-corrected chi connectivity index (χ4v) is 2.58.